The van der Waals surface area contributed by atoms with Crippen LogP contribution in [0.2, 0.25) is 0 Å². The summed E-state index contributed by atoms with van der Waals surface area (Å²) in [6.45, 7) is 0.935. The second-order valence-corrected chi connectivity index (χ2v) is 6.42. The molecule has 3 rings (SSSR count). The molecular formula is C15H17N5O3S. The SMILES string of the molecule is NC(=O)C1CCCN(C(=O)Nc2nnc(C=Cc3ccco3)s2)C1. The summed E-state index contributed by atoms with van der Waals surface area (Å²) < 4.78 is 5.19. The van der Waals surface area contributed by atoms with E-state index in [0.717, 1.165) is 12.8 Å². The van der Waals surface area contributed by atoms with Gasteiger partial charge in [0, 0.05) is 13.1 Å². The summed E-state index contributed by atoms with van der Waals surface area (Å²) in [5.74, 6) is 0.0565. The number of nitrogens with zero attached hydrogens (tertiary/aromatic N) is 3. The number of nitrogens with two attached hydrogens (primary N) is 1. The molecule has 2 aromatic rings. The molecule has 0 aromatic carbocycles. The van der Waals surface area contributed by atoms with Crippen LogP contribution in [0.1, 0.15) is 23.6 Å². The first-order valence-electron chi connectivity index (χ1n) is 7.52. The molecular weight excluding hydrogens is 330 g/mol. The number of rotatable bonds is 4. The molecule has 0 aliphatic carbocycles. The summed E-state index contributed by atoms with van der Waals surface area (Å²) in [5.41, 5.74) is 5.33. The van der Waals surface area contributed by atoms with Crippen LogP contribution in [0.4, 0.5) is 9.93 Å². The molecule has 3 N–H and O–H groups in total. The monoisotopic (exact) mass is 347 g/mol. The number of piperidine rings is 1. The maximum absolute atomic E-state index is 12.3. The lowest BCUT2D eigenvalue weighted by atomic mass is 9.98. The van der Waals surface area contributed by atoms with Gasteiger partial charge in [-0.05, 0) is 37.1 Å². The summed E-state index contributed by atoms with van der Waals surface area (Å²) >= 11 is 1.25. The molecule has 0 spiro atoms. The van der Waals surface area contributed by atoms with Gasteiger partial charge in [0.25, 0.3) is 0 Å². The van der Waals surface area contributed by atoms with Crippen LogP contribution in [0.3, 0.4) is 0 Å². The first-order valence-corrected chi connectivity index (χ1v) is 8.34. The van der Waals surface area contributed by atoms with Gasteiger partial charge in [0.2, 0.25) is 11.0 Å². The highest BCUT2D eigenvalue weighted by atomic mass is 32.1. The number of amides is 3. The van der Waals surface area contributed by atoms with Gasteiger partial charge < -0.3 is 15.1 Å². The predicted molar refractivity (Wildman–Crippen MR) is 90.1 cm³/mol. The molecule has 8 nitrogen and oxygen atoms in total. The second-order valence-electron chi connectivity index (χ2n) is 5.41. The Morgan fingerprint density at radius 2 is 2.29 bits per heavy atom. The number of urea groups is 1. The lowest BCUT2D eigenvalue weighted by molar-refractivity contribution is -0.123. The molecule has 1 aliphatic rings. The largest absolute Gasteiger partial charge is 0.465 e. The molecule has 0 bridgehead atoms. The maximum Gasteiger partial charge on any atom is 0.323 e. The second kappa shape index (κ2) is 7.26. The van der Waals surface area contributed by atoms with Gasteiger partial charge in [-0.1, -0.05) is 11.3 Å². The normalized spacial score (nSPS) is 18.0. The van der Waals surface area contributed by atoms with Gasteiger partial charge in [-0.25, -0.2) is 4.79 Å². The fourth-order valence-corrected chi connectivity index (χ4v) is 3.09. The van der Waals surface area contributed by atoms with Crippen LogP contribution in [0.25, 0.3) is 12.2 Å². The first kappa shape index (κ1) is 16.2. The van der Waals surface area contributed by atoms with Crippen LogP contribution in [0, 0.1) is 5.92 Å². The fourth-order valence-electron chi connectivity index (χ4n) is 2.46. The number of furan rings is 1. The Kier molecular flexibility index (Phi) is 4.90. The van der Waals surface area contributed by atoms with Crippen LogP contribution >= 0.6 is 11.3 Å². The van der Waals surface area contributed by atoms with Gasteiger partial charge in [-0.15, -0.1) is 10.2 Å². The molecule has 1 atom stereocenters. The highest BCUT2D eigenvalue weighted by Crippen LogP contribution is 2.20. The van der Waals surface area contributed by atoms with E-state index in [1.54, 1.807) is 29.4 Å². The average molecular weight is 347 g/mol. The van der Waals surface area contributed by atoms with E-state index in [1.165, 1.54) is 11.3 Å². The fraction of sp³-hybridized carbons (Fsp3) is 0.333. The zero-order chi connectivity index (χ0) is 16.9. The minimum atomic E-state index is -0.367. The van der Waals surface area contributed by atoms with E-state index in [0.29, 0.717) is 29.0 Å². The van der Waals surface area contributed by atoms with Crippen molar-refractivity contribution in [2.24, 2.45) is 11.7 Å². The molecule has 0 saturated carbocycles. The number of aromatic nitrogens is 2. The van der Waals surface area contributed by atoms with Gasteiger partial charge in [0.1, 0.15) is 10.8 Å². The third-order valence-corrected chi connectivity index (χ3v) is 4.50. The Morgan fingerprint density at radius 3 is 3.04 bits per heavy atom. The lowest BCUT2D eigenvalue weighted by Crippen LogP contribution is -2.45. The number of likely N-dealkylation sites (tertiary alicyclic amines) is 1. The van der Waals surface area contributed by atoms with Gasteiger partial charge in [0.05, 0.1) is 12.2 Å². The van der Waals surface area contributed by atoms with E-state index >= 15 is 0 Å². The quantitative estimate of drug-likeness (QED) is 0.878. The van der Waals surface area contributed by atoms with Crippen molar-refractivity contribution < 1.29 is 14.0 Å². The number of carbonyl (C=O) groups excluding carboxylic acids is 2. The van der Waals surface area contributed by atoms with E-state index in [2.05, 4.69) is 15.5 Å². The Balaban J connectivity index is 1.58. The highest BCUT2D eigenvalue weighted by molar-refractivity contribution is 7.16. The molecule has 1 fully saturated rings. The molecule has 1 saturated heterocycles. The van der Waals surface area contributed by atoms with Crippen molar-refractivity contribution in [1.82, 2.24) is 15.1 Å². The number of primary amides is 1. The Labute approximate surface area is 142 Å². The van der Waals surface area contributed by atoms with Crippen molar-refractivity contribution in [1.29, 1.82) is 0 Å². The lowest BCUT2D eigenvalue weighted by Gasteiger charge is -2.30. The summed E-state index contributed by atoms with van der Waals surface area (Å²) in [7, 11) is 0. The minimum Gasteiger partial charge on any atom is -0.465 e. The molecule has 1 aliphatic heterocycles. The molecule has 3 amide bonds. The topological polar surface area (TPSA) is 114 Å². The molecule has 3 heterocycles. The Morgan fingerprint density at radius 1 is 1.42 bits per heavy atom. The zero-order valence-corrected chi connectivity index (χ0v) is 13.7. The highest BCUT2D eigenvalue weighted by Gasteiger charge is 2.27. The summed E-state index contributed by atoms with van der Waals surface area (Å²) in [6, 6.07) is 3.33. The van der Waals surface area contributed by atoms with Crippen LogP contribution in [0.5, 0.6) is 0 Å². The zero-order valence-electron chi connectivity index (χ0n) is 12.8. The summed E-state index contributed by atoms with van der Waals surface area (Å²) in [6.07, 6.45) is 6.60. The smallest absolute Gasteiger partial charge is 0.323 e. The molecule has 24 heavy (non-hydrogen) atoms. The van der Waals surface area contributed by atoms with Gasteiger partial charge in [-0.3, -0.25) is 10.1 Å². The van der Waals surface area contributed by atoms with Crippen molar-refractivity contribution in [3.8, 4) is 0 Å². The predicted octanol–water partition coefficient (Wildman–Crippen LogP) is 2.03. The van der Waals surface area contributed by atoms with Crippen LogP contribution in [-0.4, -0.2) is 40.1 Å². The van der Waals surface area contributed by atoms with E-state index in [1.807, 2.05) is 6.07 Å². The van der Waals surface area contributed by atoms with Gasteiger partial charge in [0.15, 0.2) is 0 Å². The van der Waals surface area contributed by atoms with Crippen molar-refractivity contribution >= 4 is 40.6 Å². The maximum atomic E-state index is 12.3. The Bertz CT molecular complexity index is 740. The molecule has 2 aromatic heterocycles. The van der Waals surface area contributed by atoms with Gasteiger partial charge >= 0.3 is 6.03 Å². The third-order valence-electron chi connectivity index (χ3n) is 3.70. The molecule has 126 valence electrons. The number of anilines is 1. The van der Waals surface area contributed by atoms with E-state index in [-0.39, 0.29) is 17.9 Å². The standard InChI is InChI=1S/C15H17N5O3S/c16-13(21)10-3-1-7-20(9-10)15(22)17-14-19-18-12(24-14)6-5-11-4-2-8-23-11/h2,4-6,8,10H,1,3,7,9H2,(H2,16,21)(H,17,19,22). The molecule has 9 heteroatoms. The van der Waals surface area contributed by atoms with Crippen molar-refractivity contribution in [3.63, 3.8) is 0 Å². The number of hydrogen-bond acceptors (Lipinski definition) is 6. The van der Waals surface area contributed by atoms with Crippen LogP contribution < -0.4 is 11.1 Å². The number of hydrogen-bond donors (Lipinski definition) is 2. The van der Waals surface area contributed by atoms with Gasteiger partial charge in [-0.2, -0.15) is 0 Å². The summed E-state index contributed by atoms with van der Waals surface area (Å²) in [4.78, 5) is 25.1. The minimum absolute atomic E-state index is 0.286. The van der Waals surface area contributed by atoms with E-state index < -0.39 is 0 Å². The van der Waals surface area contributed by atoms with Crippen LogP contribution in [0.15, 0.2) is 22.8 Å². The van der Waals surface area contributed by atoms with Crippen molar-refractivity contribution in [2.45, 2.75) is 12.8 Å². The van der Waals surface area contributed by atoms with Crippen LogP contribution in [-0.2, 0) is 4.79 Å². The summed E-state index contributed by atoms with van der Waals surface area (Å²) in [5, 5.41) is 11.7. The van der Waals surface area contributed by atoms with E-state index in [9.17, 15) is 9.59 Å². The average Bonchev–Trinajstić information content (AvgIpc) is 3.24. The number of nitrogens with one attached hydrogen (secondary N) is 1. The molecule has 0 radical (unpaired) electrons. The van der Waals surface area contributed by atoms with Crippen molar-refractivity contribution in [2.75, 3.05) is 18.4 Å². The third kappa shape index (κ3) is 3.99. The Hall–Kier alpha value is -2.68. The molecule has 1 unspecified atom stereocenters. The first-order chi connectivity index (χ1) is 11.6. The van der Waals surface area contributed by atoms with E-state index in [4.69, 9.17) is 10.2 Å². The van der Waals surface area contributed by atoms with Crippen molar-refractivity contribution in [3.05, 3.63) is 29.2 Å². The number of carbonyl (C=O) groups is 2.